The molecule has 0 saturated carbocycles. The van der Waals surface area contributed by atoms with Gasteiger partial charge in [-0.15, -0.1) is 0 Å². The lowest BCUT2D eigenvalue weighted by molar-refractivity contribution is -0.145. The molecule has 1 aromatic carbocycles. The Morgan fingerprint density at radius 2 is 1.75 bits per heavy atom. The monoisotopic (exact) mass is 330 g/mol. The van der Waals surface area contributed by atoms with Gasteiger partial charge in [0.2, 0.25) is 5.78 Å². The number of fused-ring (bicyclic) bond motifs is 2. The molecule has 1 N–H and O–H groups in total. The molecule has 0 bridgehead atoms. The largest absolute Gasteiger partial charge is 0.466 e. The van der Waals surface area contributed by atoms with Gasteiger partial charge in [-0.2, -0.15) is 0 Å². The second kappa shape index (κ2) is 5.36. The molecule has 1 fully saturated rings. The number of aliphatic hydroxyl groups excluding tert-OH is 1. The maximum Gasteiger partial charge on any atom is 0.350 e. The smallest absolute Gasteiger partial charge is 0.350 e. The fourth-order valence-corrected chi connectivity index (χ4v) is 3.33. The highest BCUT2D eigenvalue weighted by Gasteiger charge is 2.85. The van der Waals surface area contributed by atoms with Crippen LogP contribution in [0.2, 0.25) is 0 Å². The number of methoxy groups -OCH3 is 1. The van der Waals surface area contributed by atoms with Gasteiger partial charge in [-0.1, -0.05) is 29.8 Å². The van der Waals surface area contributed by atoms with Gasteiger partial charge >= 0.3 is 5.97 Å². The lowest BCUT2D eigenvalue weighted by Gasteiger charge is -2.24. The zero-order chi connectivity index (χ0) is 17.7. The number of allylic oxidation sites excluding steroid dienone is 1. The van der Waals surface area contributed by atoms with E-state index in [-0.39, 0.29) is 24.2 Å². The number of carbonyl (C=O) groups excluding carboxylic acids is 3. The summed E-state index contributed by atoms with van der Waals surface area (Å²) in [5.41, 5.74) is -1.85. The molecule has 0 unspecified atom stereocenters. The predicted octanol–water partition coefficient (Wildman–Crippen LogP) is 1.47. The summed E-state index contributed by atoms with van der Waals surface area (Å²) >= 11 is 0. The van der Waals surface area contributed by atoms with Crippen LogP contribution in [0.4, 0.5) is 0 Å². The first kappa shape index (κ1) is 16.5. The van der Waals surface area contributed by atoms with E-state index in [2.05, 4.69) is 0 Å². The number of Topliss-reactive ketones (excluding diaryl/α,β-unsaturated/α-hetero) is 2. The summed E-state index contributed by atoms with van der Waals surface area (Å²) < 4.78 is 10.3. The fourth-order valence-electron chi connectivity index (χ4n) is 3.33. The Morgan fingerprint density at radius 1 is 1.17 bits per heavy atom. The third kappa shape index (κ3) is 1.87. The van der Waals surface area contributed by atoms with Crippen molar-refractivity contribution in [2.75, 3.05) is 13.7 Å². The topological polar surface area (TPSA) is 93.2 Å². The minimum Gasteiger partial charge on any atom is -0.466 e. The molecule has 1 aromatic rings. The van der Waals surface area contributed by atoms with Crippen molar-refractivity contribution < 1.29 is 29.0 Å². The van der Waals surface area contributed by atoms with Crippen molar-refractivity contribution in [1.82, 2.24) is 0 Å². The third-order valence-corrected chi connectivity index (χ3v) is 4.79. The lowest BCUT2D eigenvalue weighted by Crippen LogP contribution is -2.50. The summed E-state index contributed by atoms with van der Waals surface area (Å²) in [6.07, 6.45) is -0.0279. The van der Waals surface area contributed by atoms with E-state index in [0.717, 1.165) is 12.7 Å². The van der Waals surface area contributed by atoms with Crippen LogP contribution in [0, 0.1) is 0 Å². The number of ketones is 2. The molecular formula is C18H18O6. The van der Waals surface area contributed by atoms with Gasteiger partial charge in [0.05, 0.1) is 13.7 Å². The van der Waals surface area contributed by atoms with Gasteiger partial charge in [0.15, 0.2) is 11.4 Å². The first-order valence-electron chi connectivity index (χ1n) is 7.59. The molecule has 3 rings (SSSR count). The van der Waals surface area contributed by atoms with Crippen molar-refractivity contribution >= 4 is 17.5 Å². The average Bonchev–Trinajstić information content (AvgIpc) is 3.28. The molecule has 1 heterocycles. The first-order valence-corrected chi connectivity index (χ1v) is 7.59. The SMILES string of the molecule is COC(=O)[C@]12O[C@@]1(CC(CO)=C(C)C)C(=O)c1ccccc1C2=O. The minimum atomic E-state index is -1.96. The van der Waals surface area contributed by atoms with Crippen molar-refractivity contribution in [3.05, 3.63) is 46.5 Å². The summed E-state index contributed by atoms with van der Waals surface area (Å²) in [6.45, 7) is 3.29. The highest BCUT2D eigenvalue weighted by molar-refractivity contribution is 6.32. The van der Waals surface area contributed by atoms with Gasteiger partial charge < -0.3 is 14.6 Å². The molecule has 126 valence electrons. The van der Waals surface area contributed by atoms with E-state index in [4.69, 9.17) is 9.47 Å². The number of hydrogen-bond acceptors (Lipinski definition) is 6. The maximum atomic E-state index is 13.0. The van der Waals surface area contributed by atoms with Crippen molar-refractivity contribution in [3.8, 4) is 0 Å². The summed E-state index contributed by atoms with van der Waals surface area (Å²) in [5, 5.41) is 9.56. The molecule has 1 saturated heterocycles. The van der Waals surface area contributed by atoms with E-state index < -0.39 is 28.7 Å². The molecule has 0 amide bonds. The first-order chi connectivity index (χ1) is 11.4. The van der Waals surface area contributed by atoms with Gasteiger partial charge in [0, 0.05) is 17.5 Å². The number of epoxide rings is 1. The van der Waals surface area contributed by atoms with Gasteiger partial charge in [-0.25, -0.2) is 4.79 Å². The zero-order valence-electron chi connectivity index (χ0n) is 13.7. The van der Waals surface area contributed by atoms with Gasteiger partial charge in [0.25, 0.3) is 5.60 Å². The van der Waals surface area contributed by atoms with Gasteiger partial charge in [-0.3, -0.25) is 9.59 Å². The van der Waals surface area contributed by atoms with Gasteiger partial charge in [-0.05, 0) is 19.4 Å². The van der Waals surface area contributed by atoms with Crippen LogP contribution in [-0.2, 0) is 14.3 Å². The van der Waals surface area contributed by atoms with Crippen LogP contribution >= 0.6 is 0 Å². The molecule has 1 aliphatic heterocycles. The molecule has 1 aliphatic carbocycles. The maximum absolute atomic E-state index is 13.0. The second-order valence-corrected chi connectivity index (χ2v) is 6.24. The summed E-state index contributed by atoms with van der Waals surface area (Å²) in [6, 6.07) is 6.32. The number of ether oxygens (including phenoxy) is 2. The Bertz CT molecular complexity index is 788. The summed E-state index contributed by atoms with van der Waals surface area (Å²) in [7, 11) is 1.15. The highest BCUT2D eigenvalue weighted by atomic mass is 16.7. The Kier molecular flexibility index (Phi) is 3.69. The molecule has 0 aromatic heterocycles. The van der Waals surface area contributed by atoms with Crippen LogP contribution in [0.15, 0.2) is 35.4 Å². The molecule has 24 heavy (non-hydrogen) atoms. The van der Waals surface area contributed by atoms with E-state index in [1.807, 2.05) is 0 Å². The van der Waals surface area contributed by atoms with Gasteiger partial charge in [0.1, 0.15) is 0 Å². The summed E-state index contributed by atoms with van der Waals surface area (Å²) in [5.74, 6) is -1.90. The van der Waals surface area contributed by atoms with Crippen molar-refractivity contribution in [3.63, 3.8) is 0 Å². The highest BCUT2D eigenvalue weighted by Crippen LogP contribution is 2.59. The fraction of sp³-hybridized carbons (Fsp3) is 0.389. The quantitative estimate of drug-likeness (QED) is 0.389. The van der Waals surface area contributed by atoms with Crippen LogP contribution in [0.3, 0.4) is 0 Å². The number of rotatable bonds is 4. The van der Waals surface area contributed by atoms with Crippen LogP contribution in [0.5, 0.6) is 0 Å². The molecule has 6 heteroatoms. The Labute approximate surface area is 139 Å². The van der Waals surface area contributed by atoms with E-state index >= 15 is 0 Å². The average molecular weight is 330 g/mol. The van der Waals surface area contributed by atoms with Crippen molar-refractivity contribution in [1.29, 1.82) is 0 Å². The minimum absolute atomic E-state index is 0.0279. The summed E-state index contributed by atoms with van der Waals surface area (Å²) in [4.78, 5) is 38.3. The number of benzene rings is 1. The molecular weight excluding hydrogens is 312 g/mol. The van der Waals surface area contributed by atoms with Crippen LogP contribution in [0.1, 0.15) is 41.0 Å². The van der Waals surface area contributed by atoms with E-state index in [0.29, 0.717) is 5.57 Å². The Morgan fingerprint density at radius 3 is 2.25 bits per heavy atom. The van der Waals surface area contributed by atoms with E-state index in [1.54, 1.807) is 32.0 Å². The second-order valence-electron chi connectivity index (χ2n) is 6.24. The van der Waals surface area contributed by atoms with Crippen molar-refractivity contribution in [2.24, 2.45) is 0 Å². The standard InChI is InChI=1S/C18H18O6/c1-10(2)11(9-19)8-17-14(20)12-6-4-5-7-13(12)15(21)18(17,24-17)16(22)23-3/h4-7,19H,8-9H2,1-3H3/t17-,18-/m0/s1. The molecule has 0 spiro atoms. The van der Waals surface area contributed by atoms with Crippen LogP contribution in [-0.4, -0.2) is 47.6 Å². The number of esters is 1. The van der Waals surface area contributed by atoms with E-state index in [1.165, 1.54) is 6.07 Å². The molecule has 2 aliphatic rings. The molecule has 6 nitrogen and oxygen atoms in total. The Balaban J connectivity index is 2.19. The third-order valence-electron chi connectivity index (χ3n) is 4.79. The molecule has 2 atom stereocenters. The zero-order valence-corrected chi connectivity index (χ0v) is 13.7. The number of carbonyl (C=O) groups is 3. The van der Waals surface area contributed by atoms with E-state index in [9.17, 15) is 19.5 Å². The van der Waals surface area contributed by atoms with Crippen molar-refractivity contribution in [2.45, 2.75) is 31.5 Å². The number of aliphatic hydroxyl groups is 1. The Hall–Kier alpha value is -2.31. The van der Waals surface area contributed by atoms with Crippen LogP contribution < -0.4 is 0 Å². The predicted molar refractivity (Wildman–Crippen MR) is 83.7 cm³/mol. The van der Waals surface area contributed by atoms with Crippen LogP contribution in [0.25, 0.3) is 0 Å². The lowest BCUT2D eigenvalue weighted by atomic mass is 9.71. The number of hydrogen-bond donors (Lipinski definition) is 1. The molecule has 0 radical (unpaired) electrons. The normalized spacial score (nSPS) is 27.2.